The Labute approximate surface area is 138 Å². The van der Waals surface area contributed by atoms with Gasteiger partial charge >= 0.3 is 0 Å². The molecule has 9 heteroatoms. The smallest absolute Gasteiger partial charge is 0.288 e. The number of aryl methyl sites for hydroxylation is 1. The topological polar surface area (TPSA) is 102 Å². The van der Waals surface area contributed by atoms with Crippen molar-refractivity contribution < 1.29 is 13.3 Å². The first-order valence-corrected chi connectivity index (χ1v) is 9.74. The van der Waals surface area contributed by atoms with E-state index in [1.165, 1.54) is 18.2 Å². The fourth-order valence-corrected chi connectivity index (χ4v) is 3.68. The number of nitro benzene ring substituents is 1. The van der Waals surface area contributed by atoms with Gasteiger partial charge in [0.05, 0.1) is 15.6 Å². The van der Waals surface area contributed by atoms with E-state index < -0.39 is 20.4 Å². The van der Waals surface area contributed by atoms with Crippen molar-refractivity contribution in [2.24, 2.45) is 0 Å². The van der Waals surface area contributed by atoms with Gasteiger partial charge in [-0.15, -0.1) is 11.3 Å². The molecule has 0 saturated carbocycles. The molecular formula is C14H17N3O4S2. The number of benzene rings is 1. The molecule has 0 radical (unpaired) electrons. The second-order valence-electron chi connectivity index (χ2n) is 4.97. The molecule has 23 heavy (non-hydrogen) atoms. The van der Waals surface area contributed by atoms with E-state index in [1.54, 1.807) is 11.3 Å². The summed E-state index contributed by atoms with van der Waals surface area (Å²) in [5.74, 6) is 0. The summed E-state index contributed by atoms with van der Waals surface area (Å²) in [5.41, 5.74) is 1.09. The summed E-state index contributed by atoms with van der Waals surface area (Å²) >= 11 is 1.61. The first-order valence-electron chi connectivity index (χ1n) is 6.97. The van der Waals surface area contributed by atoms with Crippen molar-refractivity contribution in [2.45, 2.75) is 24.7 Å². The Balaban J connectivity index is 2.10. The lowest BCUT2D eigenvalue weighted by molar-refractivity contribution is -0.387. The predicted octanol–water partition coefficient (Wildman–Crippen LogP) is 2.67. The van der Waals surface area contributed by atoms with Crippen LogP contribution in [0.1, 0.15) is 17.6 Å². The van der Waals surface area contributed by atoms with Crippen LogP contribution in [-0.2, 0) is 22.7 Å². The number of thiazole rings is 1. The van der Waals surface area contributed by atoms with Crippen LogP contribution in [0.2, 0.25) is 0 Å². The first kappa shape index (κ1) is 17.4. The van der Waals surface area contributed by atoms with Gasteiger partial charge in [0.25, 0.3) is 5.69 Å². The third-order valence-corrected chi connectivity index (χ3v) is 5.34. The maximum Gasteiger partial charge on any atom is 0.288 e. The molecule has 2 aromatic rings. The van der Waals surface area contributed by atoms with Crippen LogP contribution < -0.4 is 5.32 Å². The molecule has 7 nitrogen and oxygen atoms in total. The summed E-state index contributed by atoms with van der Waals surface area (Å²) in [6.45, 7) is 2.61. The molecule has 124 valence electrons. The second-order valence-corrected chi connectivity index (χ2v) is 7.90. The molecule has 1 aromatic carbocycles. The van der Waals surface area contributed by atoms with Gasteiger partial charge in [0.1, 0.15) is 4.90 Å². The maximum absolute atomic E-state index is 11.7. The van der Waals surface area contributed by atoms with E-state index in [9.17, 15) is 18.5 Å². The summed E-state index contributed by atoms with van der Waals surface area (Å²) < 4.78 is 23.4. The summed E-state index contributed by atoms with van der Waals surface area (Å²) in [6.07, 6.45) is 2.56. The van der Waals surface area contributed by atoms with Gasteiger partial charge in [0, 0.05) is 36.4 Å². The molecule has 0 saturated heterocycles. The lowest BCUT2D eigenvalue weighted by Crippen LogP contribution is -2.08. The number of nitrogens with one attached hydrogen (secondary N) is 1. The average molecular weight is 355 g/mol. The third-order valence-electron chi connectivity index (χ3n) is 3.17. The minimum absolute atomic E-state index is 0.283. The number of sulfone groups is 1. The van der Waals surface area contributed by atoms with Crippen molar-refractivity contribution in [1.82, 2.24) is 4.98 Å². The number of anilines is 1. The summed E-state index contributed by atoms with van der Waals surface area (Å²) in [5, 5.41) is 17.1. The zero-order chi connectivity index (χ0) is 17.0. The zero-order valence-corrected chi connectivity index (χ0v) is 14.4. The highest BCUT2D eigenvalue weighted by Gasteiger charge is 2.22. The molecule has 0 bridgehead atoms. The van der Waals surface area contributed by atoms with Crippen LogP contribution in [0.15, 0.2) is 28.5 Å². The van der Waals surface area contributed by atoms with Crippen molar-refractivity contribution in [3.05, 3.63) is 44.4 Å². The van der Waals surface area contributed by atoms with E-state index >= 15 is 0 Å². The Morgan fingerprint density at radius 1 is 1.39 bits per heavy atom. The lowest BCUT2D eigenvalue weighted by Gasteiger charge is -2.07. The summed E-state index contributed by atoms with van der Waals surface area (Å²) in [7, 11) is -3.67. The van der Waals surface area contributed by atoms with Crippen molar-refractivity contribution in [3.63, 3.8) is 0 Å². The highest BCUT2D eigenvalue weighted by Crippen LogP contribution is 2.27. The number of rotatable bonds is 7. The maximum atomic E-state index is 11.7. The van der Waals surface area contributed by atoms with E-state index in [0.29, 0.717) is 18.7 Å². The molecule has 1 N–H and O–H groups in total. The molecule has 0 spiro atoms. The van der Waals surface area contributed by atoms with Gasteiger partial charge < -0.3 is 5.32 Å². The van der Waals surface area contributed by atoms with E-state index in [2.05, 4.69) is 10.3 Å². The van der Waals surface area contributed by atoms with Gasteiger partial charge in [-0.1, -0.05) is 6.92 Å². The summed E-state index contributed by atoms with van der Waals surface area (Å²) in [4.78, 5) is 14.4. The van der Waals surface area contributed by atoms with E-state index in [1.807, 2.05) is 12.3 Å². The number of hydrogen-bond donors (Lipinski definition) is 1. The van der Waals surface area contributed by atoms with Crippen LogP contribution in [0.25, 0.3) is 0 Å². The Hall–Kier alpha value is -2.00. The fraction of sp³-hybridized carbons (Fsp3) is 0.357. The SMILES string of the molecule is CCc1nc(CCNc2ccc([N+](=O)[O-])c(S(C)(=O)=O)c2)cs1. The monoisotopic (exact) mass is 355 g/mol. The molecule has 0 aliphatic rings. The lowest BCUT2D eigenvalue weighted by atomic mass is 10.2. The number of hydrogen-bond acceptors (Lipinski definition) is 7. The van der Waals surface area contributed by atoms with Crippen molar-refractivity contribution in [1.29, 1.82) is 0 Å². The van der Waals surface area contributed by atoms with Gasteiger partial charge in [0.15, 0.2) is 9.84 Å². The molecule has 0 aliphatic carbocycles. The third kappa shape index (κ3) is 4.49. The summed E-state index contributed by atoms with van der Waals surface area (Å²) in [6, 6.07) is 4.01. The largest absolute Gasteiger partial charge is 0.385 e. The zero-order valence-electron chi connectivity index (χ0n) is 12.8. The van der Waals surface area contributed by atoms with Crippen LogP contribution in [0, 0.1) is 10.1 Å². The van der Waals surface area contributed by atoms with Crippen LogP contribution in [0.3, 0.4) is 0 Å². The Bertz CT molecular complexity index is 815. The average Bonchev–Trinajstić information content (AvgIpc) is 2.94. The fourth-order valence-electron chi connectivity index (χ4n) is 2.03. The van der Waals surface area contributed by atoms with Gasteiger partial charge in [-0.3, -0.25) is 10.1 Å². The van der Waals surface area contributed by atoms with Crippen LogP contribution in [0.4, 0.5) is 11.4 Å². The quantitative estimate of drug-likeness (QED) is 0.605. The number of nitro groups is 1. The molecule has 0 fully saturated rings. The molecule has 2 rings (SSSR count). The van der Waals surface area contributed by atoms with Gasteiger partial charge in [-0.05, 0) is 18.6 Å². The van der Waals surface area contributed by atoms with Crippen molar-refractivity contribution in [2.75, 3.05) is 18.1 Å². The van der Waals surface area contributed by atoms with E-state index in [0.717, 1.165) is 23.4 Å². The molecule has 1 aromatic heterocycles. The number of nitrogens with zero attached hydrogens (tertiary/aromatic N) is 2. The van der Waals surface area contributed by atoms with E-state index in [4.69, 9.17) is 0 Å². The van der Waals surface area contributed by atoms with Gasteiger partial charge in [-0.25, -0.2) is 13.4 Å². The Kier molecular flexibility index (Phi) is 5.32. The first-order chi connectivity index (χ1) is 10.8. The Morgan fingerprint density at radius 3 is 2.70 bits per heavy atom. The normalized spacial score (nSPS) is 11.4. The van der Waals surface area contributed by atoms with Crippen molar-refractivity contribution in [3.8, 4) is 0 Å². The van der Waals surface area contributed by atoms with Crippen LogP contribution in [0.5, 0.6) is 0 Å². The molecule has 1 heterocycles. The molecule has 0 aliphatic heterocycles. The molecular weight excluding hydrogens is 338 g/mol. The van der Waals surface area contributed by atoms with Gasteiger partial charge in [0.2, 0.25) is 0 Å². The predicted molar refractivity (Wildman–Crippen MR) is 89.9 cm³/mol. The minimum atomic E-state index is -3.67. The Morgan fingerprint density at radius 2 is 2.13 bits per heavy atom. The van der Waals surface area contributed by atoms with Gasteiger partial charge in [-0.2, -0.15) is 0 Å². The highest BCUT2D eigenvalue weighted by molar-refractivity contribution is 7.90. The van der Waals surface area contributed by atoms with E-state index in [-0.39, 0.29) is 4.90 Å². The minimum Gasteiger partial charge on any atom is -0.385 e. The second kappa shape index (κ2) is 7.05. The molecule has 0 unspecified atom stereocenters. The van der Waals surface area contributed by atoms with Crippen molar-refractivity contribution >= 4 is 32.5 Å². The molecule has 0 atom stereocenters. The molecule has 0 amide bonds. The van der Waals surface area contributed by atoms with Crippen LogP contribution >= 0.6 is 11.3 Å². The van der Waals surface area contributed by atoms with Crippen LogP contribution in [-0.4, -0.2) is 31.1 Å². The number of aromatic nitrogens is 1. The highest BCUT2D eigenvalue weighted by atomic mass is 32.2. The standard InChI is InChI=1S/C14H17N3O4S2/c1-3-14-16-11(9-22-14)6-7-15-10-4-5-12(17(18)19)13(8-10)23(2,20)21/h4-5,8-9,15H,3,6-7H2,1-2H3.